The molecule has 0 saturated carbocycles. The highest BCUT2D eigenvalue weighted by Crippen LogP contribution is 2.28. The Hall–Kier alpha value is -2.17. The monoisotopic (exact) mass is 262 g/mol. The van der Waals surface area contributed by atoms with E-state index in [2.05, 4.69) is 5.10 Å². The fraction of sp³-hybridized carbons (Fsp3) is 0.357. The molecule has 19 heavy (non-hydrogen) atoms. The molecular formula is C14H18N2O3. The van der Waals surface area contributed by atoms with Crippen molar-refractivity contribution in [2.24, 2.45) is 7.05 Å². The van der Waals surface area contributed by atoms with Crippen LogP contribution in [0.4, 0.5) is 0 Å². The van der Waals surface area contributed by atoms with Gasteiger partial charge in [0.1, 0.15) is 11.5 Å². The van der Waals surface area contributed by atoms with Crippen LogP contribution >= 0.6 is 0 Å². The normalized spacial score (nSPS) is 10.3. The van der Waals surface area contributed by atoms with Crippen molar-refractivity contribution in [2.45, 2.75) is 6.42 Å². The zero-order valence-electron chi connectivity index (χ0n) is 11.6. The average molecular weight is 262 g/mol. The lowest BCUT2D eigenvalue weighted by molar-refractivity contribution is 0.386. The predicted octanol–water partition coefficient (Wildman–Crippen LogP) is 2.04. The van der Waals surface area contributed by atoms with E-state index in [1.165, 1.54) is 0 Å². The maximum atomic E-state index is 5.39. The first-order valence-corrected chi connectivity index (χ1v) is 5.95. The Morgan fingerprint density at radius 1 is 1.05 bits per heavy atom. The number of aryl methyl sites for hydroxylation is 1. The summed E-state index contributed by atoms with van der Waals surface area (Å²) in [5, 5.41) is 4.24. The van der Waals surface area contributed by atoms with Crippen LogP contribution in [0.15, 0.2) is 24.4 Å². The van der Waals surface area contributed by atoms with E-state index in [1.807, 2.05) is 31.4 Å². The summed E-state index contributed by atoms with van der Waals surface area (Å²) in [4.78, 5) is 0. The predicted molar refractivity (Wildman–Crippen MR) is 72.1 cm³/mol. The molecule has 0 saturated heterocycles. The molecule has 0 unspecified atom stereocenters. The van der Waals surface area contributed by atoms with Gasteiger partial charge in [-0.05, 0) is 11.6 Å². The van der Waals surface area contributed by atoms with Crippen molar-refractivity contribution in [2.75, 3.05) is 21.3 Å². The second kappa shape index (κ2) is 5.65. The molecule has 0 atom stereocenters. The molecule has 0 amide bonds. The molecule has 0 radical (unpaired) electrons. The van der Waals surface area contributed by atoms with Gasteiger partial charge < -0.3 is 14.2 Å². The van der Waals surface area contributed by atoms with Gasteiger partial charge in [-0.15, -0.1) is 5.10 Å². The molecule has 0 aliphatic carbocycles. The second-order valence-electron chi connectivity index (χ2n) is 4.19. The van der Waals surface area contributed by atoms with Crippen LogP contribution in [-0.2, 0) is 13.5 Å². The van der Waals surface area contributed by atoms with Crippen LogP contribution in [0.3, 0.4) is 0 Å². The SMILES string of the molecule is COc1ccc(Cc2cn(C)nc2OC)c(OC)c1. The molecule has 0 aliphatic heterocycles. The minimum atomic E-state index is 0.639. The fourth-order valence-electron chi connectivity index (χ4n) is 2.01. The van der Waals surface area contributed by atoms with Crippen molar-refractivity contribution in [1.29, 1.82) is 0 Å². The fourth-order valence-corrected chi connectivity index (χ4v) is 2.01. The summed E-state index contributed by atoms with van der Waals surface area (Å²) in [5.41, 5.74) is 2.09. The van der Waals surface area contributed by atoms with E-state index in [-0.39, 0.29) is 0 Å². The maximum Gasteiger partial charge on any atom is 0.236 e. The van der Waals surface area contributed by atoms with Crippen molar-refractivity contribution >= 4 is 0 Å². The third-order valence-corrected chi connectivity index (χ3v) is 2.93. The van der Waals surface area contributed by atoms with Gasteiger partial charge in [-0.3, -0.25) is 4.68 Å². The van der Waals surface area contributed by atoms with Gasteiger partial charge in [0, 0.05) is 31.3 Å². The Labute approximate surface area is 112 Å². The van der Waals surface area contributed by atoms with Crippen LogP contribution in [-0.4, -0.2) is 31.1 Å². The number of rotatable bonds is 5. The molecular weight excluding hydrogens is 244 g/mol. The summed E-state index contributed by atoms with van der Waals surface area (Å²) in [6, 6.07) is 5.78. The summed E-state index contributed by atoms with van der Waals surface area (Å²) in [7, 11) is 6.78. The highest BCUT2D eigenvalue weighted by molar-refractivity contribution is 5.44. The van der Waals surface area contributed by atoms with Crippen LogP contribution < -0.4 is 14.2 Å². The van der Waals surface area contributed by atoms with Gasteiger partial charge in [0.05, 0.1) is 21.3 Å². The third-order valence-electron chi connectivity index (χ3n) is 2.93. The molecule has 2 aromatic rings. The van der Waals surface area contributed by atoms with Gasteiger partial charge in [-0.1, -0.05) is 6.07 Å². The summed E-state index contributed by atoms with van der Waals surface area (Å²) in [6.07, 6.45) is 2.65. The number of benzene rings is 1. The van der Waals surface area contributed by atoms with Crippen LogP contribution in [0.5, 0.6) is 17.4 Å². The zero-order valence-corrected chi connectivity index (χ0v) is 11.6. The van der Waals surface area contributed by atoms with E-state index in [4.69, 9.17) is 14.2 Å². The van der Waals surface area contributed by atoms with Crippen LogP contribution in [0.2, 0.25) is 0 Å². The van der Waals surface area contributed by atoms with Crippen molar-refractivity contribution in [3.63, 3.8) is 0 Å². The Kier molecular flexibility index (Phi) is 3.94. The summed E-state index contributed by atoms with van der Waals surface area (Å²) in [5.74, 6) is 2.21. The minimum Gasteiger partial charge on any atom is -0.497 e. The van der Waals surface area contributed by atoms with Gasteiger partial charge in [0.25, 0.3) is 0 Å². The van der Waals surface area contributed by atoms with E-state index in [9.17, 15) is 0 Å². The molecule has 0 spiro atoms. The zero-order chi connectivity index (χ0) is 13.8. The number of nitrogens with zero attached hydrogens (tertiary/aromatic N) is 2. The molecule has 5 heteroatoms. The minimum absolute atomic E-state index is 0.639. The summed E-state index contributed by atoms with van der Waals surface area (Å²) < 4.78 is 17.6. The lowest BCUT2D eigenvalue weighted by atomic mass is 10.1. The molecule has 0 N–H and O–H groups in total. The first kappa shape index (κ1) is 13.3. The summed E-state index contributed by atoms with van der Waals surface area (Å²) in [6.45, 7) is 0. The molecule has 2 rings (SSSR count). The smallest absolute Gasteiger partial charge is 0.236 e. The van der Waals surface area contributed by atoms with E-state index in [0.29, 0.717) is 12.3 Å². The molecule has 0 fully saturated rings. The van der Waals surface area contributed by atoms with E-state index in [0.717, 1.165) is 22.6 Å². The number of hydrogen-bond donors (Lipinski definition) is 0. The highest BCUT2D eigenvalue weighted by Gasteiger charge is 2.12. The average Bonchev–Trinajstić information content (AvgIpc) is 2.79. The van der Waals surface area contributed by atoms with E-state index < -0.39 is 0 Å². The van der Waals surface area contributed by atoms with Gasteiger partial charge in [-0.25, -0.2) is 0 Å². The van der Waals surface area contributed by atoms with Crippen molar-refractivity contribution in [3.05, 3.63) is 35.5 Å². The topological polar surface area (TPSA) is 45.5 Å². The standard InChI is InChI=1S/C14H18N2O3/c1-16-9-11(14(15-16)19-4)7-10-5-6-12(17-2)8-13(10)18-3/h5-6,8-9H,7H2,1-4H3. The van der Waals surface area contributed by atoms with Gasteiger partial charge in [0.15, 0.2) is 0 Å². The number of methoxy groups -OCH3 is 3. The quantitative estimate of drug-likeness (QED) is 0.827. The Bertz CT molecular complexity index is 564. The van der Waals surface area contributed by atoms with E-state index >= 15 is 0 Å². The van der Waals surface area contributed by atoms with Crippen molar-refractivity contribution < 1.29 is 14.2 Å². The maximum absolute atomic E-state index is 5.39. The number of ether oxygens (including phenoxy) is 3. The Morgan fingerprint density at radius 2 is 1.84 bits per heavy atom. The Balaban J connectivity index is 2.32. The molecule has 1 aromatic carbocycles. The Morgan fingerprint density at radius 3 is 2.47 bits per heavy atom. The van der Waals surface area contributed by atoms with Gasteiger partial charge >= 0.3 is 0 Å². The first-order chi connectivity index (χ1) is 9.17. The van der Waals surface area contributed by atoms with Gasteiger partial charge in [-0.2, -0.15) is 0 Å². The second-order valence-corrected chi connectivity index (χ2v) is 4.19. The van der Waals surface area contributed by atoms with Crippen LogP contribution in [0, 0.1) is 0 Å². The van der Waals surface area contributed by atoms with E-state index in [1.54, 1.807) is 26.0 Å². The third kappa shape index (κ3) is 2.81. The summed E-state index contributed by atoms with van der Waals surface area (Å²) >= 11 is 0. The first-order valence-electron chi connectivity index (χ1n) is 5.95. The lowest BCUT2D eigenvalue weighted by Crippen LogP contribution is -1.96. The molecule has 5 nitrogen and oxygen atoms in total. The molecule has 1 heterocycles. The number of hydrogen-bond acceptors (Lipinski definition) is 4. The molecule has 102 valence electrons. The lowest BCUT2D eigenvalue weighted by Gasteiger charge is -2.10. The van der Waals surface area contributed by atoms with Crippen LogP contribution in [0.25, 0.3) is 0 Å². The number of aromatic nitrogens is 2. The molecule has 1 aromatic heterocycles. The van der Waals surface area contributed by atoms with Crippen LogP contribution in [0.1, 0.15) is 11.1 Å². The van der Waals surface area contributed by atoms with Gasteiger partial charge in [0.2, 0.25) is 5.88 Å². The van der Waals surface area contributed by atoms with Crippen molar-refractivity contribution in [1.82, 2.24) is 9.78 Å². The molecule has 0 bridgehead atoms. The highest BCUT2D eigenvalue weighted by atomic mass is 16.5. The largest absolute Gasteiger partial charge is 0.497 e. The van der Waals surface area contributed by atoms with Crippen molar-refractivity contribution in [3.8, 4) is 17.4 Å². The molecule has 0 aliphatic rings.